The number of aryl methyl sites for hydroxylation is 2. The van der Waals surface area contributed by atoms with Crippen LogP contribution in [0.1, 0.15) is 73.4 Å². The molecule has 5 heterocycles. The summed E-state index contributed by atoms with van der Waals surface area (Å²) in [4.78, 5) is 12.0. The molecular weight excluding hydrogens is 460 g/mol. The van der Waals surface area contributed by atoms with E-state index in [1.54, 1.807) is 0 Å². The second-order valence-corrected chi connectivity index (χ2v) is 11.3. The molecule has 0 aliphatic carbocycles. The Hall–Kier alpha value is -3.06. The van der Waals surface area contributed by atoms with Crippen LogP contribution in [0.5, 0.6) is 0 Å². The summed E-state index contributed by atoms with van der Waals surface area (Å²) >= 11 is 0. The van der Waals surface area contributed by atoms with Crippen molar-refractivity contribution in [1.29, 1.82) is 0 Å². The van der Waals surface area contributed by atoms with Crippen LogP contribution in [0.3, 0.4) is 0 Å². The maximum Gasteiger partial charge on any atom is 0.160 e. The fourth-order valence-electron chi connectivity index (χ4n) is 6.23. The fraction of sp³-hybridized carbons (Fsp3) is 0.533. The molecule has 7 heteroatoms. The van der Waals surface area contributed by atoms with Gasteiger partial charge in [0, 0.05) is 56.6 Å². The van der Waals surface area contributed by atoms with E-state index in [0.717, 1.165) is 61.0 Å². The van der Waals surface area contributed by atoms with Crippen molar-refractivity contribution in [3.63, 3.8) is 0 Å². The lowest BCUT2D eigenvalue weighted by Crippen LogP contribution is -2.51. The molecule has 2 bridgehead atoms. The summed E-state index contributed by atoms with van der Waals surface area (Å²) in [6.45, 7) is 10.1. The number of aliphatic hydroxyl groups is 1. The summed E-state index contributed by atoms with van der Waals surface area (Å²) in [6, 6.07) is 11.4. The number of hydrogen-bond donors (Lipinski definition) is 1. The van der Waals surface area contributed by atoms with Crippen molar-refractivity contribution in [2.24, 2.45) is 0 Å². The number of benzene rings is 1. The van der Waals surface area contributed by atoms with Gasteiger partial charge in [-0.2, -0.15) is 9.61 Å². The first-order valence-corrected chi connectivity index (χ1v) is 14.1. The molecule has 196 valence electrons. The molecule has 6 rings (SSSR count). The van der Waals surface area contributed by atoms with Gasteiger partial charge in [-0.15, -0.1) is 0 Å². The van der Waals surface area contributed by atoms with E-state index < -0.39 is 0 Å². The largest absolute Gasteiger partial charge is 0.389 e. The Morgan fingerprint density at radius 1 is 0.973 bits per heavy atom. The molecule has 1 unspecified atom stereocenters. The van der Waals surface area contributed by atoms with E-state index in [9.17, 15) is 5.11 Å². The highest BCUT2D eigenvalue weighted by atomic mass is 16.3. The van der Waals surface area contributed by atoms with Gasteiger partial charge in [-0.3, -0.25) is 0 Å². The van der Waals surface area contributed by atoms with E-state index in [0.29, 0.717) is 13.1 Å². The number of aromatic nitrogens is 3. The molecule has 2 fully saturated rings. The highest BCUT2D eigenvalue weighted by molar-refractivity contribution is 5.67. The second kappa shape index (κ2) is 10.0. The van der Waals surface area contributed by atoms with Crippen molar-refractivity contribution in [3.8, 4) is 0 Å². The lowest BCUT2D eigenvalue weighted by molar-refractivity contribution is 0.141. The standard InChI is InChI=1S/C30H40N6O/c1-21-12-13-23-10-6-4-5-8-14-33(3)30-18-28(34-19-24(37)20-34)31-29-17-26(32-36(29)30)27-11-7-9-15-35(27)22(2)25(23)16-21/h12-13,16-18,24,27,37H,2,4-11,14-15,19-20H2,1,3H3. The quantitative estimate of drug-likeness (QED) is 0.509. The van der Waals surface area contributed by atoms with Gasteiger partial charge in [-0.1, -0.05) is 37.1 Å². The zero-order valence-electron chi connectivity index (χ0n) is 22.4. The van der Waals surface area contributed by atoms with Crippen LogP contribution in [-0.4, -0.2) is 63.9 Å². The molecular formula is C30H40N6O. The van der Waals surface area contributed by atoms with Gasteiger partial charge in [0.1, 0.15) is 11.6 Å². The van der Waals surface area contributed by atoms with Crippen LogP contribution >= 0.6 is 0 Å². The van der Waals surface area contributed by atoms with Gasteiger partial charge < -0.3 is 19.8 Å². The van der Waals surface area contributed by atoms with Crippen molar-refractivity contribution in [2.45, 2.75) is 70.4 Å². The van der Waals surface area contributed by atoms with Gasteiger partial charge >= 0.3 is 0 Å². The van der Waals surface area contributed by atoms with Crippen LogP contribution in [0.15, 0.2) is 36.9 Å². The maximum atomic E-state index is 9.90. The molecule has 3 aliphatic heterocycles. The van der Waals surface area contributed by atoms with E-state index in [1.165, 1.54) is 48.8 Å². The van der Waals surface area contributed by atoms with Crippen molar-refractivity contribution >= 4 is 23.0 Å². The Kier molecular flexibility index (Phi) is 6.57. The Labute approximate surface area is 220 Å². The van der Waals surface area contributed by atoms with Crippen LogP contribution in [0, 0.1) is 6.92 Å². The summed E-state index contributed by atoms with van der Waals surface area (Å²) in [5, 5.41) is 15.1. The first-order chi connectivity index (χ1) is 18.0. The van der Waals surface area contributed by atoms with Gasteiger partial charge in [-0.25, -0.2) is 4.98 Å². The lowest BCUT2D eigenvalue weighted by atomic mass is 9.93. The molecule has 1 N–H and O–H groups in total. The normalized spacial score (nSPS) is 21.8. The second-order valence-electron chi connectivity index (χ2n) is 11.3. The number of rotatable bonds is 1. The highest BCUT2D eigenvalue weighted by Gasteiger charge is 2.31. The van der Waals surface area contributed by atoms with Gasteiger partial charge in [0.2, 0.25) is 0 Å². The molecule has 2 aromatic heterocycles. The minimum Gasteiger partial charge on any atom is -0.389 e. The number of nitrogens with zero attached hydrogens (tertiary/aromatic N) is 6. The molecule has 0 amide bonds. The Morgan fingerprint density at radius 2 is 1.78 bits per heavy atom. The average Bonchev–Trinajstić information content (AvgIpc) is 3.32. The van der Waals surface area contributed by atoms with Gasteiger partial charge in [0.25, 0.3) is 0 Å². The molecule has 0 spiro atoms. The van der Waals surface area contributed by atoms with Crippen LogP contribution in [0.2, 0.25) is 0 Å². The van der Waals surface area contributed by atoms with E-state index in [-0.39, 0.29) is 12.1 Å². The van der Waals surface area contributed by atoms with Gasteiger partial charge in [0.15, 0.2) is 5.65 Å². The van der Waals surface area contributed by atoms with Crippen molar-refractivity contribution in [3.05, 3.63) is 59.3 Å². The highest BCUT2D eigenvalue weighted by Crippen LogP contribution is 2.38. The zero-order valence-corrected chi connectivity index (χ0v) is 22.4. The molecule has 37 heavy (non-hydrogen) atoms. The minimum atomic E-state index is -0.262. The first-order valence-electron chi connectivity index (χ1n) is 14.1. The SMILES string of the molecule is C=C1c2cc(C)ccc2CCCCCCN(C)c2cc(N3CC(O)C3)nc3cc(nn23)C2CCCCN12. The zero-order chi connectivity index (χ0) is 25.5. The maximum absolute atomic E-state index is 9.90. The average molecular weight is 501 g/mol. The van der Waals surface area contributed by atoms with E-state index in [2.05, 4.69) is 65.6 Å². The molecule has 3 aromatic rings. The summed E-state index contributed by atoms with van der Waals surface area (Å²) in [6.07, 6.45) is 9.08. The third-order valence-electron chi connectivity index (χ3n) is 8.45. The molecule has 7 nitrogen and oxygen atoms in total. The smallest absolute Gasteiger partial charge is 0.160 e. The summed E-state index contributed by atoms with van der Waals surface area (Å²) in [5.41, 5.74) is 7.10. The van der Waals surface area contributed by atoms with E-state index in [1.807, 2.05) is 4.52 Å². The number of piperidine rings is 1. The van der Waals surface area contributed by atoms with Crippen LogP contribution in [0.4, 0.5) is 11.6 Å². The fourth-order valence-corrected chi connectivity index (χ4v) is 6.23. The van der Waals surface area contributed by atoms with Crippen LogP contribution < -0.4 is 9.80 Å². The summed E-state index contributed by atoms with van der Waals surface area (Å²) < 4.78 is 2.04. The summed E-state index contributed by atoms with van der Waals surface area (Å²) in [7, 11) is 2.17. The lowest BCUT2D eigenvalue weighted by Gasteiger charge is -2.38. The van der Waals surface area contributed by atoms with Crippen molar-refractivity contribution in [1.82, 2.24) is 19.5 Å². The Bertz CT molecular complexity index is 1290. The van der Waals surface area contributed by atoms with E-state index >= 15 is 0 Å². The Morgan fingerprint density at radius 3 is 2.62 bits per heavy atom. The van der Waals surface area contributed by atoms with Gasteiger partial charge in [0.05, 0.1) is 17.8 Å². The number of aliphatic hydroxyl groups excluding tert-OH is 1. The van der Waals surface area contributed by atoms with Crippen molar-refractivity contribution < 1.29 is 5.11 Å². The molecule has 1 atom stereocenters. The Balaban J connectivity index is 1.44. The number of anilines is 2. The monoisotopic (exact) mass is 500 g/mol. The van der Waals surface area contributed by atoms with Crippen LogP contribution in [-0.2, 0) is 6.42 Å². The third kappa shape index (κ3) is 4.70. The number of fused-ring (bicyclic) bond motifs is 4. The molecule has 0 radical (unpaired) electrons. The predicted molar refractivity (Wildman–Crippen MR) is 150 cm³/mol. The molecule has 1 aromatic carbocycles. The molecule has 2 saturated heterocycles. The van der Waals surface area contributed by atoms with Crippen molar-refractivity contribution in [2.75, 3.05) is 43.0 Å². The number of hydrogen-bond acceptors (Lipinski definition) is 6. The van der Waals surface area contributed by atoms with Crippen LogP contribution in [0.25, 0.3) is 11.3 Å². The minimum absolute atomic E-state index is 0.191. The molecule has 0 saturated carbocycles. The molecule has 3 aliphatic rings. The first kappa shape index (κ1) is 24.3. The topological polar surface area (TPSA) is 60.1 Å². The van der Waals surface area contributed by atoms with E-state index in [4.69, 9.17) is 10.1 Å². The third-order valence-corrected chi connectivity index (χ3v) is 8.45. The van der Waals surface area contributed by atoms with Gasteiger partial charge in [-0.05, 0) is 57.1 Å². The predicted octanol–water partition coefficient (Wildman–Crippen LogP) is 4.97. The number of β-amino-alcohol motifs (C(OH)–C–C–N with tert-alkyl or cyclic N) is 1. The summed E-state index contributed by atoms with van der Waals surface area (Å²) in [5.74, 6) is 2.00.